The lowest BCUT2D eigenvalue weighted by atomic mass is 10.0. The van der Waals surface area contributed by atoms with Crippen molar-refractivity contribution in [1.29, 1.82) is 0 Å². The molecule has 20 heavy (non-hydrogen) atoms. The number of carbonyl (C=O) groups is 1. The van der Waals surface area contributed by atoms with Crippen molar-refractivity contribution in [3.05, 3.63) is 38.9 Å². The summed E-state index contributed by atoms with van der Waals surface area (Å²) < 4.78 is 0. The molecule has 0 spiro atoms. The fourth-order valence-electron chi connectivity index (χ4n) is 2.45. The Morgan fingerprint density at radius 1 is 1.50 bits per heavy atom. The monoisotopic (exact) mass is 360 g/mol. The molecule has 0 aliphatic carbocycles. The number of piperidine rings is 1. The van der Waals surface area contributed by atoms with Crippen LogP contribution in [0.5, 0.6) is 0 Å². The number of benzene rings is 1. The van der Waals surface area contributed by atoms with Gasteiger partial charge in [-0.2, -0.15) is 0 Å². The van der Waals surface area contributed by atoms with E-state index < -0.39 is 4.92 Å². The standard InChI is InChI=1S/C13H14BrClN2O3/c14-8-9-4-1-2-7-16(9)13(18)12-10(15)5-3-6-11(12)17(19)20/h3,5-6,9H,1-2,4,7-8H2. The zero-order valence-corrected chi connectivity index (χ0v) is 13.1. The van der Waals surface area contributed by atoms with Crippen molar-refractivity contribution in [1.82, 2.24) is 4.90 Å². The van der Waals surface area contributed by atoms with E-state index in [0.29, 0.717) is 11.9 Å². The number of nitro groups is 1. The van der Waals surface area contributed by atoms with Crippen molar-refractivity contribution in [2.45, 2.75) is 25.3 Å². The maximum atomic E-state index is 12.6. The summed E-state index contributed by atoms with van der Waals surface area (Å²) in [5.74, 6) is -0.355. The molecule has 2 rings (SSSR count). The van der Waals surface area contributed by atoms with Gasteiger partial charge in [-0.1, -0.05) is 33.6 Å². The lowest BCUT2D eigenvalue weighted by Gasteiger charge is -2.34. The van der Waals surface area contributed by atoms with Crippen molar-refractivity contribution >= 4 is 39.1 Å². The highest BCUT2D eigenvalue weighted by Crippen LogP contribution is 2.30. The molecule has 1 atom stereocenters. The third-order valence-corrected chi connectivity index (χ3v) is 4.53. The molecular weight excluding hydrogens is 348 g/mol. The number of rotatable bonds is 3. The Kier molecular flexibility index (Phi) is 4.99. The number of carbonyl (C=O) groups excluding carboxylic acids is 1. The first-order chi connectivity index (χ1) is 9.56. The highest BCUT2D eigenvalue weighted by Gasteiger charge is 2.32. The van der Waals surface area contributed by atoms with Gasteiger partial charge in [0.05, 0.1) is 9.95 Å². The molecule has 0 N–H and O–H groups in total. The minimum absolute atomic E-state index is 0.00739. The molecule has 108 valence electrons. The SMILES string of the molecule is O=C(c1c(Cl)cccc1[N+](=O)[O-])N1CCCCC1CBr. The second kappa shape index (κ2) is 6.54. The number of likely N-dealkylation sites (tertiary alicyclic amines) is 1. The summed E-state index contributed by atoms with van der Waals surface area (Å²) in [6, 6.07) is 4.36. The predicted octanol–water partition coefficient (Wildman–Crippen LogP) is 3.64. The average Bonchev–Trinajstić information content (AvgIpc) is 2.46. The van der Waals surface area contributed by atoms with Crippen LogP contribution in [0.25, 0.3) is 0 Å². The van der Waals surface area contributed by atoms with Crippen LogP contribution in [0.4, 0.5) is 5.69 Å². The zero-order chi connectivity index (χ0) is 14.7. The van der Waals surface area contributed by atoms with E-state index in [9.17, 15) is 14.9 Å². The molecule has 1 unspecified atom stereocenters. The van der Waals surface area contributed by atoms with Gasteiger partial charge in [-0.3, -0.25) is 14.9 Å². The Bertz CT molecular complexity index is 538. The molecule has 0 radical (unpaired) electrons. The van der Waals surface area contributed by atoms with Crippen LogP contribution in [0.15, 0.2) is 18.2 Å². The Morgan fingerprint density at radius 2 is 2.25 bits per heavy atom. The van der Waals surface area contributed by atoms with E-state index in [1.54, 1.807) is 4.90 Å². The third kappa shape index (κ3) is 2.96. The lowest BCUT2D eigenvalue weighted by molar-refractivity contribution is -0.385. The normalized spacial score (nSPS) is 18.9. The summed E-state index contributed by atoms with van der Waals surface area (Å²) in [4.78, 5) is 24.8. The summed E-state index contributed by atoms with van der Waals surface area (Å²) in [5, 5.41) is 11.9. The molecule has 0 saturated carbocycles. The molecule has 1 aromatic carbocycles. The average molecular weight is 362 g/mol. The highest BCUT2D eigenvalue weighted by molar-refractivity contribution is 9.09. The van der Waals surface area contributed by atoms with E-state index in [2.05, 4.69) is 15.9 Å². The second-order valence-corrected chi connectivity index (χ2v) is 5.75. The van der Waals surface area contributed by atoms with Crippen LogP contribution in [0.2, 0.25) is 5.02 Å². The van der Waals surface area contributed by atoms with E-state index in [-0.39, 0.29) is 28.2 Å². The van der Waals surface area contributed by atoms with E-state index in [0.717, 1.165) is 19.3 Å². The van der Waals surface area contributed by atoms with Crippen molar-refractivity contribution in [3.63, 3.8) is 0 Å². The first kappa shape index (κ1) is 15.3. The van der Waals surface area contributed by atoms with E-state index in [1.165, 1.54) is 18.2 Å². The third-order valence-electron chi connectivity index (χ3n) is 3.47. The molecule has 1 aliphatic heterocycles. The summed E-state index contributed by atoms with van der Waals surface area (Å²) in [7, 11) is 0. The fourth-order valence-corrected chi connectivity index (χ4v) is 3.37. The molecule has 0 aromatic heterocycles. The van der Waals surface area contributed by atoms with Gasteiger partial charge in [0.25, 0.3) is 11.6 Å². The number of nitrogens with zero attached hydrogens (tertiary/aromatic N) is 2. The molecule has 1 fully saturated rings. The van der Waals surface area contributed by atoms with Crippen LogP contribution in [0, 0.1) is 10.1 Å². The number of halogens is 2. The van der Waals surface area contributed by atoms with Gasteiger partial charge in [0.1, 0.15) is 5.56 Å². The predicted molar refractivity (Wildman–Crippen MR) is 80.6 cm³/mol. The van der Waals surface area contributed by atoms with E-state index in [1.807, 2.05) is 0 Å². The van der Waals surface area contributed by atoms with Gasteiger partial charge in [0.2, 0.25) is 0 Å². The van der Waals surface area contributed by atoms with Crippen LogP contribution in [0.1, 0.15) is 29.6 Å². The van der Waals surface area contributed by atoms with Crippen molar-refractivity contribution in [3.8, 4) is 0 Å². The smallest absolute Gasteiger partial charge is 0.283 e. The number of amides is 1. The van der Waals surface area contributed by atoms with Crippen LogP contribution in [0.3, 0.4) is 0 Å². The molecule has 1 aliphatic rings. The Labute approximate surface area is 130 Å². The summed E-state index contributed by atoms with van der Waals surface area (Å²) >= 11 is 9.41. The Balaban J connectivity index is 2.40. The van der Waals surface area contributed by atoms with Gasteiger partial charge in [-0.25, -0.2) is 0 Å². The van der Waals surface area contributed by atoms with Crippen LogP contribution in [-0.2, 0) is 0 Å². The van der Waals surface area contributed by atoms with Crippen molar-refractivity contribution in [2.75, 3.05) is 11.9 Å². The minimum Gasteiger partial charge on any atom is -0.335 e. The zero-order valence-electron chi connectivity index (χ0n) is 10.7. The maximum absolute atomic E-state index is 12.6. The summed E-state index contributed by atoms with van der Waals surface area (Å²) in [5.41, 5.74) is -0.242. The van der Waals surface area contributed by atoms with Gasteiger partial charge in [-0.05, 0) is 25.3 Å². The first-order valence-electron chi connectivity index (χ1n) is 6.36. The summed E-state index contributed by atoms with van der Waals surface area (Å²) in [6.07, 6.45) is 2.87. The van der Waals surface area contributed by atoms with Crippen molar-refractivity contribution < 1.29 is 9.72 Å². The molecular formula is C13H14BrClN2O3. The topological polar surface area (TPSA) is 63.4 Å². The van der Waals surface area contributed by atoms with Gasteiger partial charge in [0, 0.05) is 24.0 Å². The molecule has 0 bridgehead atoms. The fraction of sp³-hybridized carbons (Fsp3) is 0.462. The molecule has 7 heteroatoms. The quantitative estimate of drug-likeness (QED) is 0.469. The number of hydrogen-bond donors (Lipinski definition) is 0. The van der Waals surface area contributed by atoms with Gasteiger partial charge >= 0.3 is 0 Å². The second-order valence-electron chi connectivity index (χ2n) is 4.69. The van der Waals surface area contributed by atoms with Gasteiger partial charge < -0.3 is 4.90 Å². The number of alkyl halides is 1. The lowest BCUT2D eigenvalue weighted by Crippen LogP contribution is -2.44. The van der Waals surface area contributed by atoms with E-state index in [4.69, 9.17) is 11.6 Å². The molecule has 1 aromatic rings. The highest BCUT2D eigenvalue weighted by atomic mass is 79.9. The summed E-state index contributed by atoms with van der Waals surface area (Å²) in [6.45, 7) is 0.609. The van der Waals surface area contributed by atoms with Crippen LogP contribution < -0.4 is 0 Å². The largest absolute Gasteiger partial charge is 0.335 e. The maximum Gasteiger partial charge on any atom is 0.283 e. The van der Waals surface area contributed by atoms with Crippen molar-refractivity contribution in [2.24, 2.45) is 0 Å². The minimum atomic E-state index is -0.563. The molecule has 1 saturated heterocycles. The Hall–Kier alpha value is -1.14. The van der Waals surface area contributed by atoms with Gasteiger partial charge in [0.15, 0.2) is 0 Å². The van der Waals surface area contributed by atoms with Crippen LogP contribution in [-0.4, -0.2) is 33.6 Å². The van der Waals surface area contributed by atoms with Crippen LogP contribution >= 0.6 is 27.5 Å². The molecule has 1 heterocycles. The number of hydrogen-bond acceptors (Lipinski definition) is 3. The Morgan fingerprint density at radius 3 is 2.90 bits per heavy atom. The number of nitro benzene ring substituents is 1. The molecule has 5 nitrogen and oxygen atoms in total. The van der Waals surface area contributed by atoms with Gasteiger partial charge in [-0.15, -0.1) is 0 Å². The molecule has 1 amide bonds. The first-order valence-corrected chi connectivity index (χ1v) is 7.86. The van der Waals surface area contributed by atoms with E-state index >= 15 is 0 Å².